The summed E-state index contributed by atoms with van der Waals surface area (Å²) < 4.78 is 21.7. The maximum atomic E-state index is 13.3. The Hall–Kier alpha value is -4.53. The number of nitrogens with zero attached hydrogens (tertiary/aromatic N) is 2. The predicted octanol–water partition coefficient (Wildman–Crippen LogP) is 3.74. The van der Waals surface area contributed by atoms with Crippen molar-refractivity contribution in [1.29, 1.82) is 0 Å². The Labute approximate surface area is 208 Å². The molecule has 0 radical (unpaired) electrons. The second kappa shape index (κ2) is 10.4. The van der Waals surface area contributed by atoms with Crippen molar-refractivity contribution in [3.8, 4) is 23.0 Å². The van der Waals surface area contributed by atoms with Crippen molar-refractivity contribution in [3.05, 3.63) is 83.2 Å². The van der Waals surface area contributed by atoms with Gasteiger partial charge in [0.15, 0.2) is 11.5 Å². The van der Waals surface area contributed by atoms with Crippen molar-refractivity contribution in [2.45, 2.75) is 12.6 Å². The minimum atomic E-state index is -0.940. The van der Waals surface area contributed by atoms with E-state index < -0.39 is 17.7 Å². The molecule has 2 aromatic carbocycles. The fourth-order valence-corrected chi connectivity index (χ4v) is 4.26. The molecule has 186 valence electrons. The lowest BCUT2D eigenvalue weighted by Crippen LogP contribution is -2.29. The summed E-state index contributed by atoms with van der Waals surface area (Å²) in [4.78, 5) is 32.1. The summed E-state index contributed by atoms with van der Waals surface area (Å²) in [5.41, 5.74) is 1.49. The number of ether oxygens (including phenoxy) is 4. The van der Waals surface area contributed by atoms with E-state index in [2.05, 4.69) is 4.98 Å². The van der Waals surface area contributed by atoms with Gasteiger partial charge in [-0.3, -0.25) is 14.6 Å². The van der Waals surface area contributed by atoms with Crippen LogP contribution in [0.5, 0.6) is 23.0 Å². The minimum Gasteiger partial charge on any atom is -0.507 e. The number of aliphatic hydroxyl groups is 1. The lowest BCUT2D eigenvalue weighted by Gasteiger charge is -2.26. The van der Waals surface area contributed by atoms with E-state index in [0.29, 0.717) is 34.1 Å². The molecule has 9 heteroatoms. The molecule has 9 nitrogen and oxygen atoms in total. The van der Waals surface area contributed by atoms with Gasteiger partial charge in [0.05, 0.1) is 40.1 Å². The number of Topliss-reactive ketones (excluding diaryl/α,β-unsaturated/α-hetero) is 1. The third kappa shape index (κ3) is 4.43. The smallest absolute Gasteiger partial charge is 0.295 e. The molecule has 0 spiro atoms. The number of ketones is 1. The maximum Gasteiger partial charge on any atom is 0.295 e. The number of carbonyl (C=O) groups is 2. The van der Waals surface area contributed by atoms with Crippen LogP contribution in [0, 0.1) is 0 Å². The van der Waals surface area contributed by atoms with E-state index in [1.807, 2.05) is 0 Å². The quantitative estimate of drug-likeness (QED) is 0.289. The summed E-state index contributed by atoms with van der Waals surface area (Å²) in [6.45, 7) is 0.0919. The largest absolute Gasteiger partial charge is 0.507 e. The number of benzene rings is 2. The van der Waals surface area contributed by atoms with Gasteiger partial charge in [-0.25, -0.2) is 0 Å². The van der Waals surface area contributed by atoms with Gasteiger partial charge in [0.1, 0.15) is 11.5 Å². The van der Waals surface area contributed by atoms with Gasteiger partial charge in [0.2, 0.25) is 5.75 Å². The number of likely N-dealkylation sites (tertiary alicyclic amines) is 1. The highest BCUT2D eigenvalue weighted by molar-refractivity contribution is 6.46. The molecule has 1 atom stereocenters. The summed E-state index contributed by atoms with van der Waals surface area (Å²) in [6, 6.07) is 12.6. The molecule has 2 heterocycles. The number of hydrogen-bond acceptors (Lipinski definition) is 8. The van der Waals surface area contributed by atoms with Gasteiger partial charge in [0.25, 0.3) is 11.7 Å². The lowest BCUT2D eigenvalue weighted by atomic mass is 9.94. The van der Waals surface area contributed by atoms with Crippen LogP contribution >= 0.6 is 0 Å². The zero-order valence-corrected chi connectivity index (χ0v) is 20.3. The SMILES string of the molecule is COc1cccc(/C(O)=C2/C(=O)C(=O)N(Cc3cccnc3)C2c2cc(OC)c(OC)c(OC)c2)c1. The lowest BCUT2D eigenvalue weighted by molar-refractivity contribution is -0.140. The molecule has 1 fully saturated rings. The molecule has 0 aliphatic carbocycles. The summed E-state index contributed by atoms with van der Waals surface area (Å²) >= 11 is 0. The topological polar surface area (TPSA) is 107 Å². The Bertz CT molecular complexity index is 1300. The van der Waals surface area contributed by atoms with Crippen LogP contribution in [0.25, 0.3) is 5.76 Å². The van der Waals surface area contributed by atoms with Gasteiger partial charge < -0.3 is 29.0 Å². The number of pyridine rings is 1. The van der Waals surface area contributed by atoms with E-state index in [0.717, 1.165) is 5.56 Å². The van der Waals surface area contributed by atoms with Crippen molar-refractivity contribution < 1.29 is 33.6 Å². The summed E-state index contributed by atoms with van der Waals surface area (Å²) in [5.74, 6) is -0.325. The first-order chi connectivity index (χ1) is 17.4. The van der Waals surface area contributed by atoms with Crippen molar-refractivity contribution in [1.82, 2.24) is 9.88 Å². The maximum absolute atomic E-state index is 13.3. The molecule has 0 bridgehead atoms. The number of amides is 1. The Balaban J connectivity index is 1.95. The molecule has 4 rings (SSSR count). The van der Waals surface area contributed by atoms with E-state index in [4.69, 9.17) is 18.9 Å². The number of rotatable bonds is 8. The molecule has 1 unspecified atom stereocenters. The van der Waals surface area contributed by atoms with E-state index in [1.165, 1.54) is 33.3 Å². The van der Waals surface area contributed by atoms with E-state index in [1.54, 1.807) is 60.9 Å². The molecule has 1 aliphatic heterocycles. The van der Waals surface area contributed by atoms with Crippen LogP contribution < -0.4 is 18.9 Å². The molecule has 1 aromatic heterocycles. The molecule has 3 aromatic rings. The van der Waals surface area contributed by atoms with E-state index >= 15 is 0 Å². The van der Waals surface area contributed by atoms with Gasteiger partial charge in [0, 0.05) is 24.5 Å². The molecule has 36 heavy (non-hydrogen) atoms. The summed E-state index contributed by atoms with van der Waals surface area (Å²) in [6.07, 6.45) is 3.24. The number of aromatic nitrogens is 1. The normalized spacial score (nSPS) is 16.7. The zero-order valence-electron chi connectivity index (χ0n) is 20.3. The second-order valence-corrected chi connectivity index (χ2v) is 7.98. The number of carbonyl (C=O) groups excluding carboxylic acids is 2. The Morgan fingerprint density at radius 3 is 2.25 bits per heavy atom. The van der Waals surface area contributed by atoms with Crippen LogP contribution in [-0.4, -0.2) is 55.1 Å². The Morgan fingerprint density at radius 2 is 1.67 bits per heavy atom. The average molecular weight is 491 g/mol. The molecule has 1 aliphatic rings. The molecule has 1 amide bonds. The summed E-state index contributed by atoms with van der Waals surface area (Å²) in [7, 11) is 5.94. The van der Waals surface area contributed by atoms with Crippen molar-refractivity contribution in [2.75, 3.05) is 28.4 Å². The highest BCUT2D eigenvalue weighted by atomic mass is 16.5. The first-order valence-electron chi connectivity index (χ1n) is 11.0. The van der Waals surface area contributed by atoms with Crippen molar-refractivity contribution in [3.63, 3.8) is 0 Å². The first kappa shape index (κ1) is 24.6. The molecular formula is C27H26N2O7. The number of aliphatic hydroxyl groups excluding tert-OH is 1. The van der Waals surface area contributed by atoms with Crippen LogP contribution in [0.2, 0.25) is 0 Å². The third-order valence-corrected chi connectivity index (χ3v) is 5.96. The van der Waals surface area contributed by atoms with E-state index in [-0.39, 0.29) is 17.9 Å². The Morgan fingerprint density at radius 1 is 0.944 bits per heavy atom. The van der Waals surface area contributed by atoms with Crippen LogP contribution in [-0.2, 0) is 16.1 Å². The minimum absolute atomic E-state index is 0.0635. The number of hydrogen-bond donors (Lipinski definition) is 1. The standard InChI is InChI=1S/C27H26N2O7/c1-33-19-9-5-8-17(11-19)24(30)22-23(18-12-20(34-2)26(36-4)21(13-18)35-3)29(27(32)25(22)31)15-16-7-6-10-28-14-16/h5-14,23,30H,15H2,1-4H3/b24-22-. The van der Waals surface area contributed by atoms with Gasteiger partial charge in [-0.1, -0.05) is 18.2 Å². The second-order valence-electron chi connectivity index (χ2n) is 7.98. The van der Waals surface area contributed by atoms with E-state index in [9.17, 15) is 14.7 Å². The van der Waals surface area contributed by atoms with Crippen molar-refractivity contribution >= 4 is 17.4 Å². The monoisotopic (exact) mass is 490 g/mol. The third-order valence-electron chi connectivity index (χ3n) is 5.96. The van der Waals surface area contributed by atoms with Crippen LogP contribution in [0.3, 0.4) is 0 Å². The fourth-order valence-electron chi connectivity index (χ4n) is 4.26. The first-order valence-corrected chi connectivity index (χ1v) is 11.0. The van der Waals surface area contributed by atoms with Gasteiger partial charge >= 0.3 is 0 Å². The molecule has 1 saturated heterocycles. The zero-order chi connectivity index (χ0) is 25.8. The van der Waals surface area contributed by atoms with Gasteiger partial charge in [-0.2, -0.15) is 0 Å². The molecule has 0 saturated carbocycles. The van der Waals surface area contributed by atoms with Crippen LogP contribution in [0.1, 0.15) is 22.7 Å². The fraction of sp³-hybridized carbons (Fsp3) is 0.222. The highest BCUT2D eigenvalue weighted by Gasteiger charge is 2.46. The van der Waals surface area contributed by atoms with Crippen LogP contribution in [0.15, 0.2) is 66.5 Å². The summed E-state index contributed by atoms with van der Waals surface area (Å²) in [5, 5.41) is 11.3. The molecular weight excluding hydrogens is 464 g/mol. The predicted molar refractivity (Wildman–Crippen MR) is 131 cm³/mol. The van der Waals surface area contributed by atoms with Crippen LogP contribution in [0.4, 0.5) is 0 Å². The number of methoxy groups -OCH3 is 4. The van der Waals surface area contributed by atoms with Gasteiger partial charge in [-0.05, 0) is 41.5 Å². The average Bonchev–Trinajstić information content (AvgIpc) is 3.17. The Kier molecular flexibility index (Phi) is 7.10. The highest BCUT2D eigenvalue weighted by Crippen LogP contribution is 2.46. The van der Waals surface area contributed by atoms with Crippen molar-refractivity contribution in [2.24, 2.45) is 0 Å². The molecule has 1 N–H and O–H groups in total. The van der Waals surface area contributed by atoms with Gasteiger partial charge in [-0.15, -0.1) is 0 Å².